The van der Waals surface area contributed by atoms with Crippen LogP contribution in [0.25, 0.3) is 10.9 Å². The smallest absolute Gasteiger partial charge is 0.119 e. The first kappa shape index (κ1) is 19.7. The predicted molar refractivity (Wildman–Crippen MR) is 113 cm³/mol. The Balaban J connectivity index is 1.33. The fraction of sp³-hybridized carbons (Fsp3) is 0.409. The quantitative estimate of drug-likeness (QED) is 0.467. The molecule has 29 heavy (non-hydrogen) atoms. The van der Waals surface area contributed by atoms with Gasteiger partial charge in [-0.15, -0.1) is 0 Å². The molecule has 3 aromatic rings. The Bertz CT molecular complexity index is 929. The number of aliphatic hydroxyl groups is 2. The SMILES string of the molecule is OC[C@@H](O)COc1cccc(CN2CCC[C@@H](Nc3ccc4[nH]ncc4c3)C2)c1. The molecular formula is C22H28N4O3. The second kappa shape index (κ2) is 9.26. The maximum Gasteiger partial charge on any atom is 0.119 e. The van der Waals surface area contributed by atoms with Crippen LogP contribution in [0.1, 0.15) is 18.4 Å². The summed E-state index contributed by atoms with van der Waals surface area (Å²) in [5, 5.41) is 30.2. The molecule has 0 aliphatic carbocycles. The number of aliphatic hydroxyl groups excluding tert-OH is 2. The van der Waals surface area contributed by atoms with Gasteiger partial charge in [-0.2, -0.15) is 5.10 Å². The number of aromatic nitrogens is 2. The monoisotopic (exact) mass is 396 g/mol. The number of H-pyrrole nitrogens is 1. The lowest BCUT2D eigenvalue weighted by molar-refractivity contribution is 0.0535. The number of nitrogens with one attached hydrogen (secondary N) is 2. The van der Waals surface area contributed by atoms with Gasteiger partial charge in [-0.3, -0.25) is 10.00 Å². The van der Waals surface area contributed by atoms with Gasteiger partial charge in [0.25, 0.3) is 0 Å². The van der Waals surface area contributed by atoms with Crippen molar-refractivity contribution in [2.75, 3.05) is 31.6 Å². The molecule has 2 atom stereocenters. The molecule has 2 heterocycles. The summed E-state index contributed by atoms with van der Waals surface area (Å²) in [5.74, 6) is 0.718. The van der Waals surface area contributed by atoms with E-state index in [-0.39, 0.29) is 13.2 Å². The number of ether oxygens (including phenoxy) is 1. The maximum absolute atomic E-state index is 9.45. The molecule has 4 rings (SSSR count). The van der Waals surface area contributed by atoms with Crippen LogP contribution in [0.3, 0.4) is 0 Å². The lowest BCUT2D eigenvalue weighted by Gasteiger charge is -2.33. The summed E-state index contributed by atoms with van der Waals surface area (Å²) < 4.78 is 5.57. The number of hydrogen-bond donors (Lipinski definition) is 4. The highest BCUT2D eigenvalue weighted by atomic mass is 16.5. The van der Waals surface area contributed by atoms with Gasteiger partial charge in [-0.05, 0) is 55.3 Å². The van der Waals surface area contributed by atoms with E-state index in [4.69, 9.17) is 9.84 Å². The Labute approximate surface area is 170 Å². The molecule has 1 aliphatic rings. The molecule has 7 heteroatoms. The molecule has 154 valence electrons. The van der Waals surface area contributed by atoms with Crippen molar-refractivity contribution in [3.8, 4) is 5.75 Å². The average Bonchev–Trinajstić information content (AvgIpc) is 3.20. The van der Waals surface area contributed by atoms with E-state index in [1.165, 1.54) is 5.56 Å². The fourth-order valence-electron chi connectivity index (χ4n) is 3.82. The predicted octanol–water partition coefficient (Wildman–Crippen LogP) is 2.37. The largest absolute Gasteiger partial charge is 0.491 e. The zero-order valence-corrected chi connectivity index (χ0v) is 16.4. The van der Waals surface area contributed by atoms with Crippen LogP contribution < -0.4 is 10.1 Å². The van der Waals surface area contributed by atoms with Gasteiger partial charge in [0.15, 0.2) is 0 Å². The second-order valence-electron chi connectivity index (χ2n) is 7.69. The number of rotatable bonds is 8. The zero-order valence-electron chi connectivity index (χ0n) is 16.4. The van der Waals surface area contributed by atoms with E-state index in [2.05, 4.69) is 44.7 Å². The van der Waals surface area contributed by atoms with Crippen LogP contribution in [0.15, 0.2) is 48.7 Å². The van der Waals surface area contributed by atoms with E-state index in [1.807, 2.05) is 24.4 Å². The molecule has 0 saturated carbocycles. The number of likely N-dealkylation sites (tertiary alicyclic amines) is 1. The van der Waals surface area contributed by atoms with E-state index < -0.39 is 6.10 Å². The summed E-state index contributed by atoms with van der Waals surface area (Å²) in [6.45, 7) is 2.72. The highest BCUT2D eigenvalue weighted by molar-refractivity contribution is 5.81. The second-order valence-corrected chi connectivity index (χ2v) is 7.69. The number of aromatic amines is 1. The summed E-state index contributed by atoms with van der Waals surface area (Å²) in [4.78, 5) is 2.46. The molecule has 2 aromatic carbocycles. The van der Waals surface area contributed by atoms with Gasteiger partial charge in [0.05, 0.1) is 18.3 Å². The van der Waals surface area contributed by atoms with Crippen LogP contribution in [-0.2, 0) is 6.54 Å². The van der Waals surface area contributed by atoms with Crippen molar-refractivity contribution >= 4 is 16.6 Å². The molecule has 1 aromatic heterocycles. The third-order valence-electron chi connectivity index (χ3n) is 5.27. The minimum Gasteiger partial charge on any atom is -0.491 e. The van der Waals surface area contributed by atoms with Crippen LogP contribution in [-0.4, -0.2) is 63.8 Å². The number of hydrogen-bond acceptors (Lipinski definition) is 6. The first-order valence-electron chi connectivity index (χ1n) is 10.1. The minimum atomic E-state index is -0.853. The minimum absolute atomic E-state index is 0.0939. The lowest BCUT2D eigenvalue weighted by Crippen LogP contribution is -2.41. The average molecular weight is 396 g/mol. The molecule has 0 amide bonds. The van der Waals surface area contributed by atoms with Gasteiger partial charge in [0.1, 0.15) is 18.5 Å². The summed E-state index contributed by atoms with van der Waals surface area (Å²) in [6, 6.07) is 14.7. The molecule has 1 aliphatic heterocycles. The van der Waals surface area contributed by atoms with Crippen LogP contribution >= 0.6 is 0 Å². The zero-order chi connectivity index (χ0) is 20.1. The van der Waals surface area contributed by atoms with Gasteiger partial charge < -0.3 is 20.3 Å². The Morgan fingerprint density at radius 3 is 3.10 bits per heavy atom. The molecule has 0 spiro atoms. The summed E-state index contributed by atoms with van der Waals surface area (Å²) in [5.41, 5.74) is 3.36. The molecular weight excluding hydrogens is 368 g/mol. The first-order chi connectivity index (χ1) is 14.2. The molecule has 1 saturated heterocycles. The van der Waals surface area contributed by atoms with Crippen molar-refractivity contribution in [3.05, 3.63) is 54.2 Å². The van der Waals surface area contributed by atoms with E-state index >= 15 is 0 Å². The van der Waals surface area contributed by atoms with Crippen molar-refractivity contribution in [2.45, 2.75) is 31.5 Å². The highest BCUT2D eigenvalue weighted by Crippen LogP contribution is 2.22. The third-order valence-corrected chi connectivity index (χ3v) is 5.27. The standard InChI is InChI=1S/C22H28N4O3/c27-14-20(28)15-29-21-5-1-3-16(9-21)12-26-8-2-4-19(13-26)24-18-6-7-22-17(10-18)11-23-25-22/h1,3,5-7,9-11,19-20,24,27-28H,2,4,8,12-15H2,(H,23,25)/t19-,20-/m1/s1. The molecule has 4 N–H and O–H groups in total. The number of nitrogens with zero attached hydrogens (tertiary/aromatic N) is 2. The van der Waals surface area contributed by atoms with Gasteiger partial charge in [0.2, 0.25) is 0 Å². The Morgan fingerprint density at radius 1 is 1.28 bits per heavy atom. The summed E-state index contributed by atoms with van der Waals surface area (Å²) in [6.07, 6.45) is 3.31. The highest BCUT2D eigenvalue weighted by Gasteiger charge is 2.20. The van der Waals surface area contributed by atoms with Gasteiger partial charge >= 0.3 is 0 Å². The number of benzene rings is 2. The van der Waals surface area contributed by atoms with E-state index in [0.29, 0.717) is 6.04 Å². The lowest BCUT2D eigenvalue weighted by atomic mass is 10.0. The van der Waals surface area contributed by atoms with E-state index in [0.717, 1.165) is 54.8 Å². The summed E-state index contributed by atoms with van der Waals surface area (Å²) >= 11 is 0. The third kappa shape index (κ3) is 5.26. The van der Waals surface area contributed by atoms with Gasteiger partial charge in [0, 0.05) is 30.2 Å². The van der Waals surface area contributed by atoms with E-state index in [9.17, 15) is 5.11 Å². The Morgan fingerprint density at radius 2 is 2.21 bits per heavy atom. The van der Waals surface area contributed by atoms with Crippen molar-refractivity contribution in [3.63, 3.8) is 0 Å². The van der Waals surface area contributed by atoms with Crippen molar-refractivity contribution in [1.82, 2.24) is 15.1 Å². The Kier molecular flexibility index (Phi) is 6.29. The van der Waals surface area contributed by atoms with Crippen molar-refractivity contribution < 1.29 is 14.9 Å². The number of fused-ring (bicyclic) bond motifs is 1. The molecule has 7 nitrogen and oxygen atoms in total. The van der Waals surface area contributed by atoms with Crippen molar-refractivity contribution in [1.29, 1.82) is 0 Å². The summed E-state index contributed by atoms with van der Waals surface area (Å²) in [7, 11) is 0. The Hall–Kier alpha value is -2.61. The molecule has 0 unspecified atom stereocenters. The topological polar surface area (TPSA) is 93.6 Å². The number of anilines is 1. The molecule has 0 bridgehead atoms. The van der Waals surface area contributed by atoms with Gasteiger partial charge in [-0.1, -0.05) is 12.1 Å². The van der Waals surface area contributed by atoms with Crippen LogP contribution in [0.2, 0.25) is 0 Å². The number of piperidine rings is 1. The molecule has 1 fully saturated rings. The van der Waals surface area contributed by atoms with E-state index in [1.54, 1.807) is 0 Å². The van der Waals surface area contributed by atoms with Gasteiger partial charge in [-0.25, -0.2) is 0 Å². The normalized spacial score (nSPS) is 18.6. The fourth-order valence-corrected chi connectivity index (χ4v) is 3.82. The molecule has 0 radical (unpaired) electrons. The first-order valence-corrected chi connectivity index (χ1v) is 10.1. The van der Waals surface area contributed by atoms with Crippen LogP contribution in [0.5, 0.6) is 5.75 Å². The van der Waals surface area contributed by atoms with Crippen molar-refractivity contribution in [2.24, 2.45) is 0 Å². The maximum atomic E-state index is 9.45. The van der Waals surface area contributed by atoms with Crippen LogP contribution in [0, 0.1) is 0 Å². The van der Waals surface area contributed by atoms with Crippen LogP contribution in [0.4, 0.5) is 5.69 Å².